The second kappa shape index (κ2) is 11.0. The van der Waals surface area contributed by atoms with Gasteiger partial charge in [0.2, 0.25) is 15.9 Å². The average molecular weight is 513 g/mol. The molecule has 0 atom stereocenters. The zero-order chi connectivity index (χ0) is 26.4. The number of benzene rings is 4. The number of carbonyl (C=O) groups excluding carboxylic acids is 2. The van der Waals surface area contributed by atoms with Crippen molar-refractivity contribution < 1.29 is 18.0 Å². The van der Waals surface area contributed by atoms with Crippen LogP contribution in [0.4, 0.5) is 11.4 Å². The van der Waals surface area contributed by atoms with Crippen LogP contribution >= 0.6 is 0 Å². The number of nitrogens with zero attached hydrogens (tertiary/aromatic N) is 1. The quantitative estimate of drug-likeness (QED) is 0.226. The molecule has 0 spiro atoms. The van der Waals surface area contributed by atoms with Crippen molar-refractivity contribution in [3.05, 3.63) is 102 Å². The largest absolute Gasteiger partial charge is 0.379 e. The van der Waals surface area contributed by atoms with Gasteiger partial charge in [-0.25, -0.2) is 13.6 Å². The number of rotatable bonds is 9. The van der Waals surface area contributed by atoms with Crippen LogP contribution in [0.15, 0.2) is 101 Å². The van der Waals surface area contributed by atoms with E-state index in [9.17, 15) is 18.0 Å². The van der Waals surface area contributed by atoms with Crippen LogP contribution in [-0.2, 0) is 21.4 Å². The Hall–Kier alpha value is -4.60. The molecule has 0 heterocycles. The average Bonchev–Trinajstić information content (AvgIpc) is 2.90. The van der Waals surface area contributed by atoms with E-state index in [4.69, 9.17) is 10.9 Å². The number of aliphatic imine (C=N–C) groups is 1. The highest BCUT2D eigenvalue weighted by Crippen LogP contribution is 2.34. The molecule has 4 aromatic rings. The minimum Gasteiger partial charge on any atom is -0.379 e. The van der Waals surface area contributed by atoms with Crippen LogP contribution in [0.1, 0.15) is 15.9 Å². The van der Waals surface area contributed by atoms with Gasteiger partial charge in [-0.1, -0.05) is 54.6 Å². The van der Waals surface area contributed by atoms with Crippen LogP contribution in [0.3, 0.4) is 0 Å². The lowest BCUT2D eigenvalue weighted by atomic mass is 10.0. The minimum atomic E-state index is -3.94. The summed E-state index contributed by atoms with van der Waals surface area (Å²) in [4.78, 5) is 26.7. The Morgan fingerprint density at radius 2 is 1.59 bits per heavy atom. The summed E-state index contributed by atoms with van der Waals surface area (Å²) in [6, 6.07) is 26.6. The van der Waals surface area contributed by atoms with Gasteiger partial charge >= 0.3 is 0 Å². The highest BCUT2D eigenvalue weighted by atomic mass is 32.2. The number of sulfonamides is 1. The van der Waals surface area contributed by atoms with Crippen molar-refractivity contribution in [2.24, 2.45) is 15.9 Å². The number of carbonyl (C=O) groups is 2. The zero-order valence-electron chi connectivity index (χ0n) is 19.7. The molecule has 0 fully saturated rings. The van der Waals surface area contributed by atoms with E-state index in [2.05, 4.69) is 10.3 Å². The van der Waals surface area contributed by atoms with Crippen molar-refractivity contribution in [3.8, 4) is 22.3 Å². The van der Waals surface area contributed by atoms with Crippen molar-refractivity contribution in [2.75, 3.05) is 5.32 Å². The summed E-state index contributed by atoms with van der Waals surface area (Å²) >= 11 is 0. The molecule has 0 aliphatic rings. The molecule has 186 valence electrons. The number of nitrogens with two attached hydrogens (primary N) is 2. The summed E-state index contributed by atoms with van der Waals surface area (Å²) in [7, 11) is -3.94. The van der Waals surface area contributed by atoms with E-state index in [1.807, 2.05) is 30.3 Å². The van der Waals surface area contributed by atoms with Crippen LogP contribution in [0.5, 0.6) is 0 Å². The molecule has 9 heteroatoms. The van der Waals surface area contributed by atoms with Gasteiger partial charge in [-0.15, -0.1) is 0 Å². The van der Waals surface area contributed by atoms with Gasteiger partial charge in [-0.2, -0.15) is 0 Å². The Balaban J connectivity index is 1.63. The topological polar surface area (TPSA) is 145 Å². The summed E-state index contributed by atoms with van der Waals surface area (Å²) in [5, 5.41) is 8.72. The van der Waals surface area contributed by atoms with Gasteiger partial charge < -0.3 is 11.1 Å². The van der Waals surface area contributed by atoms with E-state index < -0.39 is 15.9 Å². The molecule has 1 amide bonds. The first-order valence-corrected chi connectivity index (χ1v) is 12.8. The van der Waals surface area contributed by atoms with E-state index in [0.29, 0.717) is 40.9 Å². The van der Waals surface area contributed by atoms with E-state index in [0.717, 1.165) is 22.9 Å². The first-order valence-electron chi connectivity index (χ1n) is 11.2. The molecule has 37 heavy (non-hydrogen) atoms. The lowest BCUT2D eigenvalue weighted by Gasteiger charge is -2.14. The molecule has 4 rings (SSSR count). The number of primary sulfonamides is 1. The third-order valence-electron chi connectivity index (χ3n) is 5.67. The van der Waals surface area contributed by atoms with Gasteiger partial charge in [0.05, 0.1) is 22.5 Å². The van der Waals surface area contributed by atoms with E-state index in [1.54, 1.807) is 54.6 Å². The third kappa shape index (κ3) is 6.16. The molecule has 0 aliphatic carbocycles. The number of hydrogen-bond donors (Lipinski definition) is 3. The van der Waals surface area contributed by atoms with Gasteiger partial charge in [-0.05, 0) is 58.7 Å². The predicted molar refractivity (Wildman–Crippen MR) is 145 cm³/mol. The normalized spacial score (nSPS) is 11.4. The lowest BCUT2D eigenvalue weighted by molar-refractivity contribution is -0.102. The van der Waals surface area contributed by atoms with Gasteiger partial charge in [-0.3, -0.25) is 14.6 Å². The number of aldehydes is 1. The van der Waals surface area contributed by atoms with Crippen molar-refractivity contribution >= 4 is 39.8 Å². The summed E-state index contributed by atoms with van der Waals surface area (Å²) in [6.07, 6.45) is 1.70. The molecule has 0 saturated carbocycles. The maximum absolute atomic E-state index is 12.1. The first-order chi connectivity index (χ1) is 17.8. The SMILES string of the molecule is NC(=O)c1cccc(-c2cccc(CNc3ccc(-c4ccccc4S(N)(=O)=O)cc3N=CC=O)c2)c1. The van der Waals surface area contributed by atoms with Gasteiger partial charge in [0.1, 0.15) is 0 Å². The van der Waals surface area contributed by atoms with Crippen molar-refractivity contribution in [2.45, 2.75) is 11.4 Å². The molecule has 8 nitrogen and oxygen atoms in total. The fourth-order valence-corrected chi connectivity index (χ4v) is 4.69. The number of amides is 1. The Morgan fingerprint density at radius 3 is 2.32 bits per heavy atom. The zero-order valence-corrected chi connectivity index (χ0v) is 20.5. The van der Waals surface area contributed by atoms with Gasteiger partial charge in [0.15, 0.2) is 6.29 Å². The Kier molecular flexibility index (Phi) is 7.57. The number of primary amides is 1. The maximum atomic E-state index is 12.1. The Morgan fingerprint density at radius 1 is 0.865 bits per heavy atom. The molecule has 0 saturated heterocycles. The van der Waals surface area contributed by atoms with Crippen LogP contribution in [0.25, 0.3) is 22.3 Å². The van der Waals surface area contributed by atoms with Crippen LogP contribution in [0.2, 0.25) is 0 Å². The van der Waals surface area contributed by atoms with Crippen molar-refractivity contribution in [1.29, 1.82) is 0 Å². The highest BCUT2D eigenvalue weighted by Gasteiger charge is 2.15. The van der Waals surface area contributed by atoms with Crippen molar-refractivity contribution in [3.63, 3.8) is 0 Å². The third-order valence-corrected chi connectivity index (χ3v) is 6.64. The number of nitrogens with one attached hydrogen (secondary N) is 1. The van der Waals surface area contributed by atoms with Crippen LogP contribution in [0, 0.1) is 0 Å². The molecule has 0 aliphatic heterocycles. The van der Waals surface area contributed by atoms with Crippen LogP contribution < -0.4 is 16.2 Å². The van der Waals surface area contributed by atoms with E-state index in [1.165, 1.54) is 6.07 Å². The van der Waals surface area contributed by atoms with Crippen molar-refractivity contribution in [1.82, 2.24) is 0 Å². The monoisotopic (exact) mass is 512 g/mol. The van der Waals surface area contributed by atoms with Gasteiger partial charge in [0.25, 0.3) is 0 Å². The fourth-order valence-electron chi connectivity index (χ4n) is 3.93. The fraction of sp³-hybridized carbons (Fsp3) is 0.0357. The molecule has 0 unspecified atom stereocenters. The molecular weight excluding hydrogens is 488 g/mol. The summed E-state index contributed by atoms with van der Waals surface area (Å²) < 4.78 is 24.1. The Labute approximate surface area is 214 Å². The second-order valence-electron chi connectivity index (χ2n) is 8.19. The molecule has 4 aromatic carbocycles. The summed E-state index contributed by atoms with van der Waals surface area (Å²) in [6.45, 7) is 0.445. The Bertz CT molecular complexity index is 1610. The molecule has 0 radical (unpaired) electrons. The maximum Gasteiger partial charge on any atom is 0.248 e. The number of anilines is 1. The lowest BCUT2D eigenvalue weighted by Crippen LogP contribution is -2.13. The minimum absolute atomic E-state index is 0.00162. The number of hydrogen-bond acceptors (Lipinski definition) is 6. The van der Waals surface area contributed by atoms with E-state index >= 15 is 0 Å². The summed E-state index contributed by atoms with van der Waals surface area (Å²) in [5.74, 6) is -0.488. The molecule has 5 N–H and O–H groups in total. The predicted octanol–water partition coefficient (Wildman–Crippen LogP) is 4.28. The summed E-state index contributed by atoms with van der Waals surface area (Å²) in [5.41, 5.74) is 10.7. The highest BCUT2D eigenvalue weighted by molar-refractivity contribution is 7.89. The standard InChI is InChI=1S/C28H24N4O4S/c29-28(34)23-8-4-7-21(16-23)20-6-3-5-19(15-20)18-32-25-12-11-22(17-26(25)31-13-14-33)24-9-1-2-10-27(24)37(30,35)36/h1-17,32H,18H2,(H2,29,34)(H2,30,35,36). The van der Waals surface area contributed by atoms with E-state index in [-0.39, 0.29) is 4.90 Å². The van der Waals surface area contributed by atoms with Gasteiger partial charge in [0, 0.05) is 17.7 Å². The second-order valence-corrected chi connectivity index (χ2v) is 9.72. The molecule has 0 aromatic heterocycles. The first kappa shape index (κ1) is 25.5. The molecule has 0 bridgehead atoms. The smallest absolute Gasteiger partial charge is 0.248 e. The van der Waals surface area contributed by atoms with Crippen LogP contribution in [-0.4, -0.2) is 26.8 Å². The molecular formula is C28H24N4O4S.